The number of nitrogens with two attached hydrogens (primary N) is 1. The number of carboxylic acid groups (broad SMARTS) is 1. The fourth-order valence-corrected chi connectivity index (χ4v) is 3.43. The first kappa shape index (κ1) is 18.7. The van der Waals surface area contributed by atoms with Crippen molar-refractivity contribution in [1.82, 2.24) is 4.90 Å². The van der Waals surface area contributed by atoms with Crippen LogP contribution >= 0.6 is 23.4 Å². The number of aromatic carboxylic acids is 1. The van der Waals surface area contributed by atoms with Gasteiger partial charge >= 0.3 is 5.97 Å². The molecule has 138 valence electrons. The van der Waals surface area contributed by atoms with E-state index in [0.29, 0.717) is 28.8 Å². The zero-order chi connectivity index (χ0) is 19.7. The minimum atomic E-state index is -1.14. The lowest BCUT2D eigenvalue weighted by Gasteiger charge is -2.08. The molecule has 3 N–H and O–H groups in total. The van der Waals surface area contributed by atoms with Gasteiger partial charge in [0.25, 0.3) is 11.1 Å². The highest BCUT2D eigenvalue weighted by molar-refractivity contribution is 8.18. The lowest BCUT2D eigenvalue weighted by Crippen LogP contribution is -2.36. The summed E-state index contributed by atoms with van der Waals surface area (Å²) in [5.74, 6) is -1.86. The van der Waals surface area contributed by atoms with Gasteiger partial charge in [-0.25, -0.2) is 4.79 Å². The molecule has 10 heteroatoms. The molecule has 0 bridgehead atoms. The maximum atomic E-state index is 12.2. The Morgan fingerprint density at radius 3 is 2.63 bits per heavy atom. The monoisotopic (exact) mass is 406 g/mol. The number of imide groups is 1. The van der Waals surface area contributed by atoms with E-state index in [1.165, 1.54) is 18.2 Å². The molecule has 1 aromatic heterocycles. The molecule has 1 fully saturated rings. The van der Waals surface area contributed by atoms with E-state index in [2.05, 4.69) is 0 Å². The molecule has 1 aliphatic heterocycles. The maximum absolute atomic E-state index is 12.2. The highest BCUT2D eigenvalue weighted by atomic mass is 35.5. The van der Waals surface area contributed by atoms with Gasteiger partial charge < -0.3 is 15.3 Å². The lowest BCUT2D eigenvalue weighted by molar-refractivity contribution is -0.127. The number of primary amides is 1. The van der Waals surface area contributed by atoms with Crippen molar-refractivity contribution in [1.29, 1.82) is 0 Å². The van der Waals surface area contributed by atoms with Crippen molar-refractivity contribution in [2.45, 2.75) is 0 Å². The molecular formula is C17H11ClN2O6S. The zero-order valence-corrected chi connectivity index (χ0v) is 15.0. The highest BCUT2D eigenvalue weighted by Gasteiger charge is 2.36. The topological polar surface area (TPSA) is 131 Å². The molecule has 27 heavy (non-hydrogen) atoms. The first-order valence-electron chi connectivity index (χ1n) is 7.43. The third-order valence-electron chi connectivity index (χ3n) is 3.57. The molecule has 1 aromatic carbocycles. The van der Waals surface area contributed by atoms with E-state index >= 15 is 0 Å². The van der Waals surface area contributed by atoms with Gasteiger partial charge in [-0.3, -0.25) is 19.3 Å². The van der Waals surface area contributed by atoms with Crippen LogP contribution in [0.25, 0.3) is 17.4 Å². The standard InChI is InChI=1S/C17H11ClN2O6S/c18-11-5-8(1-3-10(11)16(23)24)12-4-2-9(26-12)6-13-15(22)20(7-14(19)21)17(25)27-13/h1-6H,7H2,(H2,19,21)(H,23,24)/b13-6-. The minimum absolute atomic E-state index is 0.0321. The second-order valence-corrected chi connectivity index (χ2v) is 6.84. The van der Waals surface area contributed by atoms with E-state index < -0.39 is 29.6 Å². The third kappa shape index (κ3) is 3.88. The van der Waals surface area contributed by atoms with Gasteiger partial charge in [0, 0.05) is 11.6 Å². The van der Waals surface area contributed by atoms with Crippen LogP contribution in [0, 0.1) is 0 Å². The van der Waals surface area contributed by atoms with Gasteiger partial charge in [-0.2, -0.15) is 0 Å². The molecule has 3 amide bonds. The average Bonchev–Trinajstić information content (AvgIpc) is 3.15. The molecule has 2 heterocycles. The number of nitrogens with zero attached hydrogens (tertiary/aromatic N) is 1. The molecule has 0 atom stereocenters. The third-order valence-corrected chi connectivity index (χ3v) is 4.79. The van der Waals surface area contributed by atoms with Crippen LogP contribution in [-0.4, -0.2) is 39.6 Å². The Morgan fingerprint density at radius 2 is 2.00 bits per heavy atom. The van der Waals surface area contributed by atoms with E-state index in [-0.39, 0.29) is 15.5 Å². The van der Waals surface area contributed by atoms with Gasteiger partial charge in [0.15, 0.2) is 0 Å². The van der Waals surface area contributed by atoms with Crippen molar-refractivity contribution in [3.63, 3.8) is 0 Å². The van der Waals surface area contributed by atoms with Crippen LogP contribution in [0.15, 0.2) is 39.7 Å². The highest BCUT2D eigenvalue weighted by Crippen LogP contribution is 2.33. The van der Waals surface area contributed by atoms with Gasteiger partial charge in [-0.1, -0.05) is 17.7 Å². The van der Waals surface area contributed by atoms with Crippen LogP contribution in [0.4, 0.5) is 4.79 Å². The molecule has 0 saturated carbocycles. The van der Waals surface area contributed by atoms with Crippen molar-refractivity contribution >= 4 is 52.5 Å². The summed E-state index contributed by atoms with van der Waals surface area (Å²) in [5, 5.41) is 8.47. The molecule has 8 nitrogen and oxygen atoms in total. The first-order chi connectivity index (χ1) is 12.8. The normalized spacial score (nSPS) is 15.6. The van der Waals surface area contributed by atoms with Crippen LogP contribution in [0.1, 0.15) is 16.1 Å². The number of rotatable bonds is 5. The largest absolute Gasteiger partial charge is 0.478 e. The Kier molecular flexibility index (Phi) is 5.06. The number of hydrogen-bond acceptors (Lipinski definition) is 6. The predicted octanol–water partition coefficient (Wildman–Crippen LogP) is 2.82. The summed E-state index contributed by atoms with van der Waals surface area (Å²) in [7, 11) is 0. The lowest BCUT2D eigenvalue weighted by atomic mass is 10.1. The van der Waals surface area contributed by atoms with Crippen LogP contribution in [-0.2, 0) is 9.59 Å². The second-order valence-electron chi connectivity index (χ2n) is 5.44. The van der Waals surface area contributed by atoms with E-state index in [9.17, 15) is 19.2 Å². The number of benzene rings is 1. The fourth-order valence-electron chi connectivity index (χ4n) is 2.35. The molecule has 0 aliphatic carbocycles. The van der Waals surface area contributed by atoms with E-state index in [0.717, 1.165) is 4.90 Å². The maximum Gasteiger partial charge on any atom is 0.337 e. The molecule has 1 saturated heterocycles. The molecule has 0 radical (unpaired) electrons. The molecule has 2 aromatic rings. The number of carboxylic acids is 1. The first-order valence-corrected chi connectivity index (χ1v) is 8.62. The van der Waals surface area contributed by atoms with Gasteiger partial charge in [0.2, 0.25) is 5.91 Å². The summed E-state index contributed by atoms with van der Waals surface area (Å²) in [5.41, 5.74) is 5.54. The molecule has 0 spiro atoms. The molecular weight excluding hydrogens is 396 g/mol. The number of thioether (sulfide) groups is 1. The summed E-state index contributed by atoms with van der Waals surface area (Å²) in [6.07, 6.45) is 1.38. The second kappa shape index (κ2) is 7.29. The van der Waals surface area contributed by atoms with Crippen LogP contribution < -0.4 is 5.73 Å². The number of halogens is 1. The van der Waals surface area contributed by atoms with Gasteiger partial charge in [0.05, 0.1) is 15.5 Å². The van der Waals surface area contributed by atoms with Crippen molar-refractivity contribution in [3.05, 3.63) is 51.6 Å². The van der Waals surface area contributed by atoms with Gasteiger partial charge in [-0.05, 0) is 36.0 Å². The number of amides is 3. The molecule has 3 rings (SSSR count). The van der Waals surface area contributed by atoms with E-state index in [4.69, 9.17) is 26.9 Å². The van der Waals surface area contributed by atoms with Crippen LogP contribution in [0.5, 0.6) is 0 Å². The Bertz CT molecular complexity index is 1010. The minimum Gasteiger partial charge on any atom is -0.478 e. The van der Waals surface area contributed by atoms with Crippen LogP contribution in [0.3, 0.4) is 0 Å². The smallest absolute Gasteiger partial charge is 0.337 e. The Balaban J connectivity index is 1.84. The summed E-state index contributed by atoms with van der Waals surface area (Å²) in [6.45, 7) is -0.486. The van der Waals surface area contributed by atoms with Crippen molar-refractivity contribution in [3.8, 4) is 11.3 Å². The van der Waals surface area contributed by atoms with Crippen molar-refractivity contribution in [2.75, 3.05) is 6.54 Å². The number of hydrogen-bond donors (Lipinski definition) is 2. The summed E-state index contributed by atoms with van der Waals surface area (Å²) in [4.78, 5) is 46.8. The van der Waals surface area contributed by atoms with Crippen LogP contribution in [0.2, 0.25) is 5.02 Å². The molecule has 1 aliphatic rings. The number of furan rings is 1. The summed E-state index contributed by atoms with van der Waals surface area (Å²) in [6, 6.07) is 7.55. The zero-order valence-electron chi connectivity index (χ0n) is 13.5. The van der Waals surface area contributed by atoms with Gasteiger partial charge in [-0.15, -0.1) is 0 Å². The average molecular weight is 407 g/mol. The Hall–Kier alpha value is -3.04. The number of carbonyl (C=O) groups excluding carboxylic acids is 3. The predicted molar refractivity (Wildman–Crippen MR) is 98.0 cm³/mol. The molecule has 0 unspecified atom stereocenters. The quantitative estimate of drug-likeness (QED) is 0.729. The Morgan fingerprint density at radius 1 is 1.26 bits per heavy atom. The van der Waals surface area contributed by atoms with Crippen molar-refractivity contribution in [2.24, 2.45) is 5.73 Å². The van der Waals surface area contributed by atoms with E-state index in [1.807, 2.05) is 0 Å². The van der Waals surface area contributed by atoms with E-state index in [1.54, 1.807) is 18.2 Å². The fraction of sp³-hybridized carbons (Fsp3) is 0.0588. The van der Waals surface area contributed by atoms with Gasteiger partial charge in [0.1, 0.15) is 18.1 Å². The van der Waals surface area contributed by atoms with Crippen molar-refractivity contribution < 1.29 is 28.7 Å². The number of carbonyl (C=O) groups is 4. The summed E-state index contributed by atoms with van der Waals surface area (Å²) >= 11 is 6.62. The summed E-state index contributed by atoms with van der Waals surface area (Å²) < 4.78 is 5.62. The Labute approximate surface area is 161 Å². The SMILES string of the molecule is NC(=O)CN1C(=O)S/C(=C\c2ccc(-c3ccc(C(=O)O)c(Cl)c3)o2)C1=O.